The molecule has 0 atom stereocenters. The minimum Gasteiger partial charge on any atom is -0.454 e. The quantitative estimate of drug-likeness (QED) is 0.166. The zero-order valence-electron chi connectivity index (χ0n) is 34.1. The molecule has 3 heteroatoms. The molecule has 0 N–H and O–H groups in total. The summed E-state index contributed by atoms with van der Waals surface area (Å²) in [4.78, 5) is 5.54. The molecule has 0 bridgehead atoms. The van der Waals surface area contributed by atoms with Crippen LogP contribution >= 0.6 is 0 Å². The normalized spacial score (nSPS) is 13.2. The fourth-order valence-corrected chi connectivity index (χ4v) is 11.3. The molecule has 10 aromatic carbocycles. The van der Waals surface area contributed by atoms with Gasteiger partial charge in [-0.1, -0.05) is 176 Å². The topological polar surface area (TPSA) is 31.0 Å². The van der Waals surface area contributed by atoms with E-state index in [-0.39, 0.29) is 0 Å². The predicted octanol–water partition coefficient (Wildman–Crippen LogP) is 15.6. The fraction of sp³-hybridized carbons (Fsp3) is 0.0167. The van der Waals surface area contributed by atoms with E-state index < -0.39 is 5.41 Å². The van der Waals surface area contributed by atoms with E-state index in [2.05, 4.69) is 223 Å². The summed E-state index contributed by atoms with van der Waals surface area (Å²) in [5.41, 5.74) is 15.0. The van der Waals surface area contributed by atoms with Gasteiger partial charge in [0.15, 0.2) is 5.58 Å². The van der Waals surface area contributed by atoms with Crippen molar-refractivity contribution in [2.45, 2.75) is 5.41 Å². The van der Waals surface area contributed by atoms with Crippen molar-refractivity contribution in [2.75, 3.05) is 0 Å². The molecule has 0 fully saturated rings. The maximum absolute atomic E-state index is 6.96. The Morgan fingerprint density at radius 3 is 1.76 bits per heavy atom. The van der Waals surface area contributed by atoms with Crippen LogP contribution in [0.15, 0.2) is 223 Å². The van der Waals surface area contributed by atoms with E-state index in [0.717, 1.165) is 60.8 Å². The Bertz CT molecular complexity index is 3990. The average Bonchev–Trinajstić information content (AvgIpc) is 3.99. The van der Waals surface area contributed by atoms with Gasteiger partial charge in [-0.05, 0) is 97.4 Å². The maximum Gasteiger partial charge on any atom is 0.161 e. The molecule has 0 amide bonds. The van der Waals surface area contributed by atoms with Gasteiger partial charge in [-0.25, -0.2) is 4.98 Å². The standard InChI is InChI=1S/C60H36N2O/c1-3-19-38(20-4-1)60(39-21-5-2-6-22-39)50-31-14-11-26-43(50)48-36-53-49(35-51(48)60)59-58(47-30-13-16-33-54(47)63-59)62(53)40-23-17-18-37(34-40)57-56-45-28-10-8-25-42(45)41-24-7-9-27-44(41)55(56)46-29-12-15-32-52(46)61-57/h1-36H. The molecule has 1 aliphatic carbocycles. The first-order valence-corrected chi connectivity index (χ1v) is 21.7. The van der Waals surface area contributed by atoms with Gasteiger partial charge in [0, 0.05) is 38.2 Å². The Morgan fingerprint density at radius 2 is 1.02 bits per heavy atom. The number of nitrogens with zero attached hydrogens (tertiary/aromatic N) is 2. The number of pyridine rings is 1. The molecule has 0 saturated heterocycles. The number of aromatic nitrogens is 2. The van der Waals surface area contributed by atoms with Gasteiger partial charge < -0.3 is 8.98 Å². The van der Waals surface area contributed by atoms with Crippen LogP contribution in [-0.4, -0.2) is 9.55 Å². The number of furan rings is 1. The van der Waals surface area contributed by atoms with Crippen LogP contribution in [0.4, 0.5) is 0 Å². The average molecular weight is 801 g/mol. The van der Waals surface area contributed by atoms with Crippen molar-refractivity contribution in [2.24, 2.45) is 0 Å². The molecule has 292 valence electrons. The number of benzene rings is 10. The summed E-state index contributed by atoms with van der Waals surface area (Å²) >= 11 is 0. The third kappa shape index (κ3) is 4.60. The number of rotatable bonds is 4. The highest BCUT2D eigenvalue weighted by Crippen LogP contribution is 2.58. The lowest BCUT2D eigenvalue weighted by atomic mass is 9.67. The zero-order chi connectivity index (χ0) is 41.2. The lowest BCUT2D eigenvalue weighted by Crippen LogP contribution is -2.28. The number of hydrogen-bond acceptors (Lipinski definition) is 2. The summed E-state index contributed by atoms with van der Waals surface area (Å²) in [5.74, 6) is 0. The Morgan fingerprint density at radius 1 is 0.413 bits per heavy atom. The summed E-state index contributed by atoms with van der Waals surface area (Å²) in [6, 6.07) is 79.5. The summed E-state index contributed by atoms with van der Waals surface area (Å²) in [6.07, 6.45) is 0. The van der Waals surface area contributed by atoms with Crippen LogP contribution in [0.3, 0.4) is 0 Å². The van der Waals surface area contributed by atoms with Crippen LogP contribution < -0.4 is 0 Å². The van der Waals surface area contributed by atoms with Crippen LogP contribution in [0.5, 0.6) is 0 Å². The van der Waals surface area contributed by atoms with Crippen molar-refractivity contribution in [3.8, 4) is 28.1 Å². The van der Waals surface area contributed by atoms with Gasteiger partial charge in [0.05, 0.1) is 22.1 Å². The first-order chi connectivity index (χ1) is 31.3. The molecule has 3 heterocycles. The number of fused-ring (bicyclic) bond motifs is 16. The molecule has 0 unspecified atom stereocenters. The summed E-state index contributed by atoms with van der Waals surface area (Å²) in [5, 5.41) is 10.7. The maximum atomic E-state index is 6.96. The molecule has 14 rings (SSSR count). The minimum atomic E-state index is -0.529. The first kappa shape index (κ1) is 34.4. The molecule has 63 heavy (non-hydrogen) atoms. The minimum absolute atomic E-state index is 0.529. The van der Waals surface area contributed by atoms with Gasteiger partial charge in [0.1, 0.15) is 11.1 Å². The lowest BCUT2D eigenvalue weighted by molar-refractivity contribution is 0.672. The van der Waals surface area contributed by atoms with Gasteiger partial charge >= 0.3 is 0 Å². The smallest absolute Gasteiger partial charge is 0.161 e. The van der Waals surface area contributed by atoms with Crippen LogP contribution in [0.1, 0.15) is 22.3 Å². The van der Waals surface area contributed by atoms with Crippen LogP contribution in [0.25, 0.3) is 104 Å². The molecule has 1 aliphatic rings. The molecule has 0 aliphatic heterocycles. The molecule has 3 nitrogen and oxygen atoms in total. The second kappa shape index (κ2) is 12.9. The van der Waals surface area contributed by atoms with Crippen molar-refractivity contribution in [1.29, 1.82) is 0 Å². The summed E-state index contributed by atoms with van der Waals surface area (Å²) < 4.78 is 9.40. The van der Waals surface area contributed by atoms with Crippen molar-refractivity contribution in [3.63, 3.8) is 0 Å². The molecular formula is C60H36N2O. The lowest BCUT2D eigenvalue weighted by Gasteiger charge is -2.33. The van der Waals surface area contributed by atoms with Gasteiger partial charge in [-0.3, -0.25) is 0 Å². The molecule has 0 radical (unpaired) electrons. The van der Waals surface area contributed by atoms with Crippen molar-refractivity contribution in [1.82, 2.24) is 9.55 Å². The summed E-state index contributed by atoms with van der Waals surface area (Å²) in [6.45, 7) is 0. The van der Waals surface area contributed by atoms with Crippen LogP contribution in [0.2, 0.25) is 0 Å². The van der Waals surface area contributed by atoms with E-state index in [9.17, 15) is 0 Å². The third-order valence-corrected chi connectivity index (χ3v) is 13.8. The second-order valence-electron chi connectivity index (χ2n) is 16.9. The van der Waals surface area contributed by atoms with Gasteiger partial charge in [0.2, 0.25) is 0 Å². The van der Waals surface area contributed by atoms with Gasteiger partial charge in [0.25, 0.3) is 0 Å². The Hall–Kier alpha value is -8.27. The number of para-hydroxylation sites is 2. The second-order valence-corrected chi connectivity index (χ2v) is 16.9. The summed E-state index contributed by atoms with van der Waals surface area (Å²) in [7, 11) is 0. The third-order valence-electron chi connectivity index (χ3n) is 13.8. The zero-order valence-corrected chi connectivity index (χ0v) is 34.1. The number of hydrogen-bond donors (Lipinski definition) is 0. The van der Waals surface area contributed by atoms with E-state index in [4.69, 9.17) is 9.40 Å². The van der Waals surface area contributed by atoms with E-state index in [1.165, 1.54) is 65.7 Å². The molecular weight excluding hydrogens is 765 g/mol. The highest BCUT2D eigenvalue weighted by atomic mass is 16.3. The Labute approximate surface area is 362 Å². The molecule has 0 saturated carbocycles. The monoisotopic (exact) mass is 800 g/mol. The van der Waals surface area contributed by atoms with E-state index in [0.29, 0.717) is 0 Å². The highest BCUT2D eigenvalue weighted by molar-refractivity contribution is 6.33. The van der Waals surface area contributed by atoms with Gasteiger partial charge in [-0.2, -0.15) is 0 Å². The van der Waals surface area contributed by atoms with Crippen LogP contribution in [0, 0.1) is 0 Å². The van der Waals surface area contributed by atoms with Crippen molar-refractivity contribution < 1.29 is 4.42 Å². The SMILES string of the molecule is c1ccc(C2(c3ccccc3)c3ccccc3-c3cc4c(cc32)c2oc3ccccc3c2n4-c2cccc(-c3nc4ccccc4c4c5ccccc5c5ccccc5c34)c2)cc1. The predicted molar refractivity (Wildman–Crippen MR) is 261 cm³/mol. The van der Waals surface area contributed by atoms with Crippen LogP contribution in [-0.2, 0) is 5.41 Å². The Kier molecular flexibility index (Phi) is 7.04. The Balaban J connectivity index is 1.10. The van der Waals surface area contributed by atoms with Crippen molar-refractivity contribution >= 4 is 76.2 Å². The van der Waals surface area contributed by atoms with Crippen molar-refractivity contribution in [3.05, 3.63) is 241 Å². The molecule has 13 aromatic rings. The van der Waals surface area contributed by atoms with Gasteiger partial charge in [-0.15, -0.1) is 0 Å². The molecule has 3 aromatic heterocycles. The van der Waals surface area contributed by atoms with E-state index in [1.54, 1.807) is 0 Å². The first-order valence-electron chi connectivity index (χ1n) is 21.7. The van der Waals surface area contributed by atoms with E-state index in [1.807, 2.05) is 0 Å². The fourth-order valence-electron chi connectivity index (χ4n) is 11.3. The largest absolute Gasteiger partial charge is 0.454 e. The van der Waals surface area contributed by atoms with E-state index >= 15 is 0 Å². The molecule has 0 spiro atoms. The highest BCUT2D eigenvalue weighted by Gasteiger charge is 2.46.